The Labute approximate surface area is 136 Å². The van der Waals surface area contributed by atoms with Crippen molar-refractivity contribution < 1.29 is 8.42 Å². The van der Waals surface area contributed by atoms with Gasteiger partial charge in [0.2, 0.25) is 10.0 Å². The van der Waals surface area contributed by atoms with Crippen molar-refractivity contribution in [2.24, 2.45) is 0 Å². The third kappa shape index (κ3) is 4.46. The first-order valence-electron chi connectivity index (χ1n) is 5.71. The Morgan fingerprint density at radius 3 is 2.47 bits per heavy atom. The quantitative estimate of drug-likeness (QED) is 0.642. The van der Waals surface area contributed by atoms with Crippen LogP contribution in [0.3, 0.4) is 0 Å². The lowest BCUT2D eigenvalue weighted by Crippen LogP contribution is -2.28. The number of rotatable bonds is 6. The van der Waals surface area contributed by atoms with Crippen LogP contribution in [0.4, 0.5) is 0 Å². The zero-order valence-corrected chi connectivity index (χ0v) is 15.9. The molecule has 1 rings (SSSR count). The first-order chi connectivity index (χ1) is 8.80. The summed E-state index contributed by atoms with van der Waals surface area (Å²) in [5, 5.41) is 0. The number of halogens is 2. The molecule has 0 aliphatic carbocycles. The van der Waals surface area contributed by atoms with Crippen LogP contribution >= 0.6 is 43.6 Å². The van der Waals surface area contributed by atoms with Crippen LogP contribution in [0.2, 0.25) is 0 Å². The van der Waals surface area contributed by atoms with E-state index in [2.05, 4.69) is 31.9 Å². The summed E-state index contributed by atoms with van der Waals surface area (Å²) < 4.78 is 27.8. The molecular formula is C12H17Br2NO2S2. The molecule has 108 valence electrons. The highest BCUT2D eigenvalue weighted by Crippen LogP contribution is 2.30. The molecule has 0 radical (unpaired) electrons. The van der Waals surface area contributed by atoms with Crippen molar-refractivity contribution in [3.05, 3.63) is 26.6 Å². The molecule has 1 aromatic rings. The predicted molar refractivity (Wildman–Crippen MR) is 89.4 cm³/mol. The Morgan fingerprint density at radius 1 is 1.26 bits per heavy atom. The zero-order chi connectivity index (χ0) is 14.6. The lowest BCUT2D eigenvalue weighted by atomic mass is 10.2. The van der Waals surface area contributed by atoms with Gasteiger partial charge in [0.15, 0.2) is 0 Å². The standard InChI is InChI=1S/C12H17Br2NO2S2/c1-9-7-11(14)12(8-10(9)13)19(16,17)15(2)5-4-6-18-3/h7-8H,4-6H2,1-3H3. The van der Waals surface area contributed by atoms with Gasteiger partial charge in [-0.15, -0.1) is 0 Å². The van der Waals surface area contributed by atoms with Crippen molar-refractivity contribution in [3.8, 4) is 0 Å². The van der Waals surface area contributed by atoms with Crippen molar-refractivity contribution in [1.82, 2.24) is 4.31 Å². The van der Waals surface area contributed by atoms with E-state index in [1.807, 2.05) is 19.2 Å². The van der Waals surface area contributed by atoms with Crippen LogP contribution in [0, 0.1) is 6.92 Å². The fourth-order valence-electron chi connectivity index (χ4n) is 1.55. The molecule has 0 unspecified atom stereocenters. The summed E-state index contributed by atoms with van der Waals surface area (Å²) in [6.45, 7) is 2.45. The molecule has 0 saturated heterocycles. The van der Waals surface area contributed by atoms with E-state index in [1.165, 1.54) is 4.31 Å². The van der Waals surface area contributed by atoms with Gasteiger partial charge in [-0.25, -0.2) is 12.7 Å². The number of hydrogen-bond acceptors (Lipinski definition) is 3. The molecule has 0 spiro atoms. The minimum absolute atomic E-state index is 0.302. The maximum Gasteiger partial charge on any atom is 0.243 e. The number of sulfonamides is 1. The van der Waals surface area contributed by atoms with Gasteiger partial charge >= 0.3 is 0 Å². The van der Waals surface area contributed by atoms with E-state index in [4.69, 9.17) is 0 Å². The molecule has 0 amide bonds. The Balaban J connectivity index is 3.03. The minimum Gasteiger partial charge on any atom is -0.207 e. The van der Waals surface area contributed by atoms with Gasteiger partial charge in [0.25, 0.3) is 0 Å². The molecule has 0 aliphatic rings. The number of aryl methyl sites for hydroxylation is 1. The monoisotopic (exact) mass is 429 g/mol. The Morgan fingerprint density at radius 2 is 1.89 bits per heavy atom. The lowest BCUT2D eigenvalue weighted by Gasteiger charge is -2.18. The smallest absolute Gasteiger partial charge is 0.207 e. The van der Waals surface area contributed by atoms with E-state index in [1.54, 1.807) is 24.9 Å². The summed E-state index contributed by atoms with van der Waals surface area (Å²) in [5.74, 6) is 0.957. The maximum atomic E-state index is 12.5. The van der Waals surface area contributed by atoms with E-state index in [-0.39, 0.29) is 0 Å². The van der Waals surface area contributed by atoms with Crippen LogP contribution < -0.4 is 0 Å². The summed E-state index contributed by atoms with van der Waals surface area (Å²) in [6.07, 6.45) is 2.86. The second kappa shape index (κ2) is 7.45. The fourth-order valence-corrected chi connectivity index (χ4v) is 4.81. The van der Waals surface area contributed by atoms with Crippen LogP contribution in [0.5, 0.6) is 0 Å². The van der Waals surface area contributed by atoms with Gasteiger partial charge < -0.3 is 0 Å². The zero-order valence-electron chi connectivity index (χ0n) is 11.1. The van der Waals surface area contributed by atoms with E-state index < -0.39 is 10.0 Å². The normalized spacial score (nSPS) is 12.1. The second-order valence-electron chi connectivity index (χ2n) is 4.20. The Kier molecular flexibility index (Phi) is 6.86. The molecule has 3 nitrogen and oxygen atoms in total. The van der Waals surface area contributed by atoms with Crippen molar-refractivity contribution in [3.63, 3.8) is 0 Å². The summed E-state index contributed by atoms with van der Waals surface area (Å²) in [4.78, 5) is 0.302. The number of hydrogen-bond donors (Lipinski definition) is 0. The van der Waals surface area contributed by atoms with Crippen molar-refractivity contribution >= 4 is 53.6 Å². The third-order valence-corrected chi connectivity index (χ3v) is 7.09. The highest BCUT2D eigenvalue weighted by molar-refractivity contribution is 9.11. The minimum atomic E-state index is -3.44. The number of thioether (sulfide) groups is 1. The summed E-state index contributed by atoms with van der Waals surface area (Å²) in [7, 11) is -1.82. The van der Waals surface area contributed by atoms with E-state index in [9.17, 15) is 8.42 Å². The predicted octanol–water partition coefficient (Wildman–Crippen LogP) is 3.89. The molecular weight excluding hydrogens is 414 g/mol. The van der Waals surface area contributed by atoms with Crippen LogP contribution in [0.25, 0.3) is 0 Å². The Hall–Kier alpha value is 0.440. The van der Waals surface area contributed by atoms with Gasteiger partial charge in [-0.3, -0.25) is 0 Å². The SMILES string of the molecule is CSCCCN(C)S(=O)(=O)c1cc(Br)c(C)cc1Br. The van der Waals surface area contributed by atoms with E-state index in [0.29, 0.717) is 15.9 Å². The molecule has 19 heavy (non-hydrogen) atoms. The molecule has 0 saturated carbocycles. The van der Waals surface area contributed by atoms with E-state index >= 15 is 0 Å². The topological polar surface area (TPSA) is 37.4 Å². The fraction of sp³-hybridized carbons (Fsp3) is 0.500. The highest BCUT2D eigenvalue weighted by atomic mass is 79.9. The molecule has 0 N–H and O–H groups in total. The highest BCUT2D eigenvalue weighted by Gasteiger charge is 2.23. The number of nitrogens with zero attached hydrogens (tertiary/aromatic N) is 1. The van der Waals surface area contributed by atoms with Gasteiger partial charge in [-0.1, -0.05) is 15.9 Å². The van der Waals surface area contributed by atoms with Crippen LogP contribution in [-0.2, 0) is 10.0 Å². The van der Waals surface area contributed by atoms with Gasteiger partial charge in [-0.2, -0.15) is 11.8 Å². The average Bonchev–Trinajstić information content (AvgIpc) is 2.33. The van der Waals surface area contributed by atoms with Gasteiger partial charge in [-0.05, 0) is 59.0 Å². The second-order valence-corrected chi connectivity index (χ2v) is 8.91. The maximum absolute atomic E-state index is 12.5. The first-order valence-corrected chi connectivity index (χ1v) is 10.1. The van der Waals surface area contributed by atoms with Crippen molar-refractivity contribution in [2.45, 2.75) is 18.2 Å². The lowest BCUT2D eigenvalue weighted by molar-refractivity contribution is 0.469. The molecule has 0 heterocycles. The third-order valence-electron chi connectivity index (χ3n) is 2.72. The average molecular weight is 431 g/mol. The molecule has 1 aromatic carbocycles. The molecule has 0 atom stereocenters. The molecule has 0 fully saturated rings. The molecule has 0 bridgehead atoms. The molecule has 7 heteroatoms. The first kappa shape index (κ1) is 17.5. The van der Waals surface area contributed by atoms with Crippen LogP contribution in [0.1, 0.15) is 12.0 Å². The Bertz CT molecular complexity index is 547. The molecule has 0 aliphatic heterocycles. The summed E-state index contributed by atoms with van der Waals surface area (Å²) in [5.41, 5.74) is 0.996. The summed E-state index contributed by atoms with van der Waals surface area (Å²) in [6, 6.07) is 3.46. The van der Waals surface area contributed by atoms with Crippen molar-refractivity contribution in [1.29, 1.82) is 0 Å². The van der Waals surface area contributed by atoms with Crippen LogP contribution in [-0.4, -0.2) is 38.3 Å². The van der Waals surface area contributed by atoms with Crippen LogP contribution in [0.15, 0.2) is 26.0 Å². The van der Waals surface area contributed by atoms with Gasteiger partial charge in [0.05, 0.1) is 4.90 Å². The van der Waals surface area contributed by atoms with Crippen molar-refractivity contribution in [2.75, 3.05) is 25.6 Å². The molecule has 0 aromatic heterocycles. The van der Waals surface area contributed by atoms with Gasteiger partial charge in [0, 0.05) is 22.5 Å². The summed E-state index contributed by atoms with van der Waals surface area (Å²) >= 11 is 8.43. The largest absolute Gasteiger partial charge is 0.243 e. The van der Waals surface area contributed by atoms with Gasteiger partial charge in [0.1, 0.15) is 0 Å². The number of benzene rings is 1. The van der Waals surface area contributed by atoms with E-state index in [0.717, 1.165) is 22.2 Å².